The molecule has 0 aliphatic heterocycles. The molecule has 0 spiro atoms. The van der Waals surface area contributed by atoms with Crippen LogP contribution < -0.4 is 20.1 Å². The summed E-state index contributed by atoms with van der Waals surface area (Å²) >= 11 is 0. The Kier molecular flexibility index (Phi) is 6.68. The van der Waals surface area contributed by atoms with E-state index in [2.05, 4.69) is 10.6 Å². The molecule has 0 radical (unpaired) electrons. The van der Waals surface area contributed by atoms with Gasteiger partial charge in [-0.2, -0.15) is 0 Å². The highest BCUT2D eigenvalue weighted by Gasteiger charge is 2.09. The number of ether oxygens (including phenoxy) is 2. The quantitative estimate of drug-likeness (QED) is 0.337. The molecule has 32 heavy (non-hydrogen) atoms. The van der Waals surface area contributed by atoms with E-state index in [-0.39, 0.29) is 12.5 Å². The van der Waals surface area contributed by atoms with Gasteiger partial charge in [0, 0.05) is 11.4 Å². The molecule has 0 saturated carbocycles. The Balaban J connectivity index is 1.32. The van der Waals surface area contributed by atoms with Crippen molar-refractivity contribution in [2.75, 3.05) is 17.2 Å². The van der Waals surface area contributed by atoms with Gasteiger partial charge in [-0.3, -0.25) is 4.79 Å². The predicted octanol–water partition coefficient (Wildman–Crippen LogP) is 6.55. The summed E-state index contributed by atoms with van der Waals surface area (Å²) in [7, 11) is 0. The molecule has 160 valence electrons. The van der Waals surface area contributed by atoms with Crippen molar-refractivity contribution < 1.29 is 14.3 Å². The van der Waals surface area contributed by atoms with Crippen LogP contribution in [-0.2, 0) is 4.79 Å². The lowest BCUT2D eigenvalue weighted by Crippen LogP contribution is -2.20. The minimum atomic E-state index is -0.267. The van der Waals surface area contributed by atoms with Gasteiger partial charge >= 0.3 is 0 Å². The van der Waals surface area contributed by atoms with Gasteiger partial charge in [0.1, 0.15) is 11.5 Å². The maximum atomic E-state index is 12.4. The third-order valence-electron chi connectivity index (χ3n) is 4.67. The van der Waals surface area contributed by atoms with Crippen LogP contribution in [0.15, 0.2) is 103 Å². The molecule has 5 nitrogen and oxygen atoms in total. The first kappa shape index (κ1) is 21.0. The minimum Gasteiger partial charge on any atom is -0.484 e. The SMILES string of the molecule is Cc1cccc(Oc2ccccc2NC(=O)COc2ccc(Nc3ccccc3)cc2)c1. The second-order valence-electron chi connectivity index (χ2n) is 7.27. The van der Waals surface area contributed by atoms with E-state index >= 15 is 0 Å². The van der Waals surface area contributed by atoms with Crippen LogP contribution in [-0.4, -0.2) is 12.5 Å². The van der Waals surface area contributed by atoms with Crippen LogP contribution in [0.3, 0.4) is 0 Å². The summed E-state index contributed by atoms with van der Waals surface area (Å²) in [5.74, 6) is 1.63. The van der Waals surface area contributed by atoms with Crippen LogP contribution in [0.5, 0.6) is 17.2 Å². The fourth-order valence-electron chi connectivity index (χ4n) is 3.12. The zero-order valence-electron chi connectivity index (χ0n) is 17.7. The lowest BCUT2D eigenvalue weighted by Gasteiger charge is -2.13. The normalized spacial score (nSPS) is 10.3. The summed E-state index contributed by atoms with van der Waals surface area (Å²) in [6.45, 7) is 1.90. The van der Waals surface area contributed by atoms with Crippen molar-refractivity contribution in [1.29, 1.82) is 0 Å². The average Bonchev–Trinajstić information content (AvgIpc) is 2.81. The van der Waals surface area contributed by atoms with Crippen molar-refractivity contribution in [1.82, 2.24) is 0 Å². The summed E-state index contributed by atoms with van der Waals surface area (Å²) in [4.78, 5) is 12.4. The molecule has 4 aromatic carbocycles. The molecule has 0 atom stereocenters. The lowest BCUT2D eigenvalue weighted by atomic mass is 10.2. The number of para-hydroxylation sites is 3. The number of carbonyl (C=O) groups excluding carboxylic acids is 1. The van der Waals surface area contributed by atoms with Crippen LogP contribution in [0.25, 0.3) is 0 Å². The Labute approximate surface area is 187 Å². The number of hydrogen-bond donors (Lipinski definition) is 2. The number of rotatable bonds is 8. The van der Waals surface area contributed by atoms with Crippen LogP contribution in [0.1, 0.15) is 5.56 Å². The number of hydrogen-bond acceptors (Lipinski definition) is 4. The molecule has 0 heterocycles. The van der Waals surface area contributed by atoms with E-state index in [9.17, 15) is 4.79 Å². The van der Waals surface area contributed by atoms with E-state index in [1.54, 1.807) is 6.07 Å². The Bertz CT molecular complexity index is 1170. The molecule has 1 amide bonds. The lowest BCUT2D eigenvalue weighted by molar-refractivity contribution is -0.118. The number of amides is 1. The van der Waals surface area contributed by atoms with Crippen molar-refractivity contribution in [2.24, 2.45) is 0 Å². The first-order valence-electron chi connectivity index (χ1n) is 10.3. The molecule has 2 N–H and O–H groups in total. The van der Waals surface area contributed by atoms with Gasteiger partial charge in [-0.25, -0.2) is 0 Å². The van der Waals surface area contributed by atoms with Gasteiger partial charge in [0.25, 0.3) is 5.91 Å². The van der Waals surface area contributed by atoms with E-state index < -0.39 is 0 Å². The molecule has 0 aliphatic carbocycles. The van der Waals surface area contributed by atoms with Gasteiger partial charge in [0.2, 0.25) is 0 Å². The first-order chi connectivity index (χ1) is 15.7. The van der Waals surface area contributed by atoms with Crippen molar-refractivity contribution in [2.45, 2.75) is 6.92 Å². The van der Waals surface area contributed by atoms with Crippen molar-refractivity contribution in [3.05, 3.63) is 109 Å². The Morgan fingerprint density at radius 2 is 1.47 bits per heavy atom. The molecule has 5 heteroatoms. The summed E-state index contributed by atoms with van der Waals surface area (Å²) < 4.78 is 11.6. The summed E-state index contributed by atoms with van der Waals surface area (Å²) in [5, 5.41) is 6.17. The van der Waals surface area contributed by atoms with E-state index in [1.807, 2.05) is 104 Å². The predicted molar refractivity (Wildman–Crippen MR) is 128 cm³/mol. The fourth-order valence-corrected chi connectivity index (χ4v) is 3.12. The molecular weight excluding hydrogens is 400 g/mol. The summed E-state index contributed by atoms with van der Waals surface area (Å²) in [5.41, 5.74) is 3.63. The molecular formula is C27H24N2O3. The van der Waals surface area contributed by atoms with E-state index in [0.717, 1.165) is 16.9 Å². The summed E-state index contributed by atoms with van der Waals surface area (Å²) in [6.07, 6.45) is 0. The monoisotopic (exact) mass is 424 g/mol. The molecule has 0 aromatic heterocycles. The Hall–Kier alpha value is -4.25. The largest absolute Gasteiger partial charge is 0.484 e. The number of carbonyl (C=O) groups is 1. The van der Waals surface area contributed by atoms with Crippen LogP contribution in [0.2, 0.25) is 0 Å². The third-order valence-corrected chi connectivity index (χ3v) is 4.67. The number of nitrogens with one attached hydrogen (secondary N) is 2. The van der Waals surface area contributed by atoms with Gasteiger partial charge in [0.15, 0.2) is 12.4 Å². The average molecular weight is 425 g/mol. The summed E-state index contributed by atoms with van der Waals surface area (Å²) in [6, 6.07) is 32.5. The second-order valence-corrected chi connectivity index (χ2v) is 7.27. The zero-order valence-corrected chi connectivity index (χ0v) is 17.7. The topological polar surface area (TPSA) is 59.6 Å². The zero-order chi connectivity index (χ0) is 22.2. The van der Waals surface area contributed by atoms with Gasteiger partial charge in [-0.15, -0.1) is 0 Å². The smallest absolute Gasteiger partial charge is 0.262 e. The highest BCUT2D eigenvalue weighted by atomic mass is 16.5. The van der Waals surface area contributed by atoms with Gasteiger partial charge < -0.3 is 20.1 Å². The number of anilines is 3. The van der Waals surface area contributed by atoms with E-state index in [0.29, 0.717) is 22.9 Å². The van der Waals surface area contributed by atoms with Crippen molar-refractivity contribution in [3.8, 4) is 17.2 Å². The van der Waals surface area contributed by atoms with Gasteiger partial charge in [-0.05, 0) is 73.2 Å². The molecule has 0 fully saturated rings. The molecule has 0 bridgehead atoms. The highest BCUT2D eigenvalue weighted by Crippen LogP contribution is 2.29. The Morgan fingerprint density at radius 3 is 2.25 bits per heavy atom. The van der Waals surface area contributed by atoms with E-state index in [4.69, 9.17) is 9.47 Å². The fraction of sp³-hybridized carbons (Fsp3) is 0.0741. The van der Waals surface area contributed by atoms with Crippen LogP contribution >= 0.6 is 0 Å². The standard InChI is InChI=1S/C27H24N2O3/c1-20-8-7-11-24(18-20)32-26-13-6-5-12-25(26)29-27(30)19-31-23-16-14-22(15-17-23)28-21-9-3-2-4-10-21/h2-18,28H,19H2,1H3,(H,29,30). The molecule has 0 saturated heterocycles. The molecule has 0 unspecified atom stereocenters. The van der Waals surface area contributed by atoms with Gasteiger partial charge in [-0.1, -0.05) is 42.5 Å². The van der Waals surface area contributed by atoms with Crippen LogP contribution in [0.4, 0.5) is 17.1 Å². The number of benzene rings is 4. The third kappa shape index (κ3) is 5.89. The number of aryl methyl sites for hydroxylation is 1. The van der Waals surface area contributed by atoms with Gasteiger partial charge in [0.05, 0.1) is 5.69 Å². The van der Waals surface area contributed by atoms with Crippen LogP contribution in [0, 0.1) is 6.92 Å². The minimum absolute atomic E-state index is 0.107. The highest BCUT2D eigenvalue weighted by molar-refractivity contribution is 5.93. The molecule has 0 aliphatic rings. The maximum Gasteiger partial charge on any atom is 0.262 e. The Morgan fingerprint density at radius 1 is 0.750 bits per heavy atom. The van der Waals surface area contributed by atoms with Crippen molar-refractivity contribution in [3.63, 3.8) is 0 Å². The van der Waals surface area contributed by atoms with Crippen molar-refractivity contribution >= 4 is 23.0 Å². The second kappa shape index (κ2) is 10.2. The van der Waals surface area contributed by atoms with E-state index in [1.165, 1.54) is 0 Å². The molecule has 4 aromatic rings. The molecule has 4 rings (SSSR count). The maximum absolute atomic E-state index is 12.4. The first-order valence-corrected chi connectivity index (χ1v) is 10.3.